The molecular weight excluding hydrogens is 355 g/mol. The van der Waals surface area contributed by atoms with Crippen LogP contribution in [0.5, 0.6) is 0 Å². The summed E-state index contributed by atoms with van der Waals surface area (Å²) in [4.78, 5) is 6.54. The van der Waals surface area contributed by atoms with E-state index in [4.69, 9.17) is 5.73 Å². The summed E-state index contributed by atoms with van der Waals surface area (Å²) in [5.41, 5.74) is 6.72. The highest BCUT2D eigenvalue weighted by molar-refractivity contribution is 14.0. The summed E-state index contributed by atoms with van der Waals surface area (Å²) in [6, 6.07) is 0. The molecule has 1 rings (SSSR count). The zero-order valence-corrected chi connectivity index (χ0v) is 14.1. The normalized spacial score (nSPS) is 17.9. The van der Waals surface area contributed by atoms with Crippen molar-refractivity contribution in [2.45, 2.75) is 32.3 Å². The molecule has 0 atom stereocenters. The Kier molecular flexibility index (Phi) is 10.3. The van der Waals surface area contributed by atoms with Gasteiger partial charge in [0.15, 0.2) is 5.96 Å². The average Bonchev–Trinajstić information content (AvgIpc) is 2.34. The van der Waals surface area contributed by atoms with Gasteiger partial charge in [-0.1, -0.05) is 12.2 Å². The van der Waals surface area contributed by atoms with Crippen LogP contribution in [0.2, 0.25) is 0 Å². The number of piperidine rings is 1. The van der Waals surface area contributed by atoms with Crippen molar-refractivity contribution in [3.8, 4) is 0 Å². The molecule has 0 aromatic rings. The molecule has 1 aliphatic rings. The van der Waals surface area contributed by atoms with Crippen molar-refractivity contribution in [3.05, 3.63) is 12.2 Å². The Hall–Kier alpha value is -0.340. The second-order valence-corrected chi connectivity index (χ2v) is 5.01. The standard InChI is InChI=1S/C13H26N4O.HI/c1-11(2)10-16-13(14)15-6-3-7-17-8-4-12(18)5-9-17;/h12,18H,1,3-10H2,2H3,(H3,14,15,16);1H. The number of nitrogens with one attached hydrogen (secondary N) is 1. The number of guanidine groups is 1. The molecule has 0 saturated carbocycles. The fourth-order valence-corrected chi connectivity index (χ4v) is 1.94. The van der Waals surface area contributed by atoms with Crippen molar-refractivity contribution in [1.29, 1.82) is 0 Å². The highest BCUT2D eigenvalue weighted by atomic mass is 127. The van der Waals surface area contributed by atoms with E-state index in [2.05, 4.69) is 21.8 Å². The fraction of sp³-hybridized carbons (Fsp3) is 0.769. The smallest absolute Gasteiger partial charge is 0.188 e. The Morgan fingerprint density at radius 3 is 2.68 bits per heavy atom. The first-order valence-electron chi connectivity index (χ1n) is 6.66. The molecule has 1 heterocycles. The zero-order chi connectivity index (χ0) is 13.4. The predicted molar refractivity (Wildman–Crippen MR) is 91.0 cm³/mol. The van der Waals surface area contributed by atoms with Crippen LogP contribution in [0.15, 0.2) is 17.1 Å². The lowest BCUT2D eigenvalue weighted by Gasteiger charge is -2.29. The Bertz CT molecular complexity index is 288. The van der Waals surface area contributed by atoms with Crippen molar-refractivity contribution in [3.63, 3.8) is 0 Å². The second kappa shape index (κ2) is 10.4. The maximum Gasteiger partial charge on any atom is 0.188 e. The van der Waals surface area contributed by atoms with Gasteiger partial charge in [0.25, 0.3) is 0 Å². The second-order valence-electron chi connectivity index (χ2n) is 5.01. The molecular formula is C13H27IN4O. The van der Waals surface area contributed by atoms with Crippen LogP contribution in [0.4, 0.5) is 0 Å². The van der Waals surface area contributed by atoms with Gasteiger partial charge in [0.1, 0.15) is 0 Å². The number of hydrogen-bond donors (Lipinski definition) is 3. The van der Waals surface area contributed by atoms with E-state index in [1.54, 1.807) is 0 Å². The molecule has 0 spiro atoms. The lowest BCUT2D eigenvalue weighted by Crippen LogP contribution is -2.38. The highest BCUT2D eigenvalue weighted by Crippen LogP contribution is 2.09. The molecule has 0 aliphatic carbocycles. The van der Waals surface area contributed by atoms with E-state index in [1.165, 1.54) is 0 Å². The molecule has 1 saturated heterocycles. The van der Waals surface area contributed by atoms with Crippen LogP contribution in [0.1, 0.15) is 26.2 Å². The summed E-state index contributed by atoms with van der Waals surface area (Å²) in [6.45, 7) is 10.2. The van der Waals surface area contributed by atoms with E-state index < -0.39 is 0 Å². The SMILES string of the molecule is C=C(C)CN=C(N)NCCCN1CCC(O)CC1.I. The lowest BCUT2D eigenvalue weighted by atomic mass is 10.1. The van der Waals surface area contributed by atoms with E-state index in [0.717, 1.165) is 51.0 Å². The Balaban J connectivity index is 0.00000324. The molecule has 0 unspecified atom stereocenters. The number of aliphatic hydroxyl groups excluding tert-OH is 1. The summed E-state index contributed by atoms with van der Waals surface area (Å²) >= 11 is 0. The Labute approximate surface area is 133 Å². The summed E-state index contributed by atoms with van der Waals surface area (Å²) in [7, 11) is 0. The molecule has 0 aromatic carbocycles. The summed E-state index contributed by atoms with van der Waals surface area (Å²) in [5.74, 6) is 0.493. The average molecular weight is 382 g/mol. The van der Waals surface area contributed by atoms with E-state index in [-0.39, 0.29) is 30.1 Å². The fourth-order valence-electron chi connectivity index (χ4n) is 1.94. The number of aliphatic imine (C=N–C) groups is 1. The van der Waals surface area contributed by atoms with Gasteiger partial charge in [-0.3, -0.25) is 0 Å². The molecule has 19 heavy (non-hydrogen) atoms. The highest BCUT2D eigenvalue weighted by Gasteiger charge is 2.15. The van der Waals surface area contributed by atoms with E-state index in [9.17, 15) is 5.11 Å². The molecule has 4 N–H and O–H groups in total. The number of rotatable bonds is 6. The minimum Gasteiger partial charge on any atom is -0.393 e. The monoisotopic (exact) mass is 382 g/mol. The van der Waals surface area contributed by atoms with Crippen LogP contribution in [0.25, 0.3) is 0 Å². The van der Waals surface area contributed by atoms with Crippen molar-refractivity contribution < 1.29 is 5.11 Å². The molecule has 5 nitrogen and oxygen atoms in total. The summed E-state index contributed by atoms with van der Waals surface area (Å²) in [6.07, 6.45) is 2.74. The van der Waals surface area contributed by atoms with E-state index in [0.29, 0.717) is 12.5 Å². The molecule has 0 radical (unpaired) electrons. The lowest BCUT2D eigenvalue weighted by molar-refractivity contribution is 0.0823. The molecule has 0 amide bonds. The van der Waals surface area contributed by atoms with Crippen LogP contribution in [-0.2, 0) is 0 Å². The van der Waals surface area contributed by atoms with Gasteiger partial charge in [-0.25, -0.2) is 4.99 Å². The maximum atomic E-state index is 9.40. The van der Waals surface area contributed by atoms with Gasteiger partial charge in [0.2, 0.25) is 0 Å². The van der Waals surface area contributed by atoms with Crippen LogP contribution >= 0.6 is 24.0 Å². The maximum absolute atomic E-state index is 9.40. The molecule has 112 valence electrons. The molecule has 0 bridgehead atoms. The van der Waals surface area contributed by atoms with Gasteiger partial charge in [-0.05, 0) is 32.7 Å². The minimum absolute atomic E-state index is 0. The molecule has 1 aliphatic heterocycles. The zero-order valence-electron chi connectivity index (χ0n) is 11.8. The summed E-state index contributed by atoms with van der Waals surface area (Å²) < 4.78 is 0. The van der Waals surface area contributed by atoms with Crippen molar-refractivity contribution in [1.82, 2.24) is 10.2 Å². The third-order valence-corrected chi connectivity index (χ3v) is 3.03. The summed E-state index contributed by atoms with van der Waals surface area (Å²) in [5, 5.41) is 12.5. The van der Waals surface area contributed by atoms with Crippen LogP contribution in [0.3, 0.4) is 0 Å². The van der Waals surface area contributed by atoms with Crippen molar-refractivity contribution in [2.75, 3.05) is 32.7 Å². The minimum atomic E-state index is -0.0932. The number of halogens is 1. The molecule has 1 fully saturated rings. The first-order valence-corrected chi connectivity index (χ1v) is 6.66. The molecule has 6 heteroatoms. The quantitative estimate of drug-likeness (QED) is 0.210. The van der Waals surface area contributed by atoms with Crippen LogP contribution < -0.4 is 11.1 Å². The van der Waals surface area contributed by atoms with Gasteiger partial charge in [-0.2, -0.15) is 0 Å². The van der Waals surface area contributed by atoms with Gasteiger partial charge in [-0.15, -0.1) is 24.0 Å². The van der Waals surface area contributed by atoms with Gasteiger partial charge >= 0.3 is 0 Å². The largest absolute Gasteiger partial charge is 0.393 e. The Morgan fingerprint density at radius 1 is 1.47 bits per heavy atom. The van der Waals surface area contributed by atoms with E-state index in [1.807, 2.05) is 6.92 Å². The van der Waals surface area contributed by atoms with E-state index >= 15 is 0 Å². The van der Waals surface area contributed by atoms with Crippen molar-refractivity contribution >= 4 is 29.9 Å². The number of hydrogen-bond acceptors (Lipinski definition) is 3. The third kappa shape index (κ3) is 9.23. The van der Waals surface area contributed by atoms with Crippen LogP contribution in [0, 0.1) is 0 Å². The molecule has 0 aromatic heterocycles. The first kappa shape index (κ1) is 18.7. The van der Waals surface area contributed by atoms with Gasteiger partial charge < -0.3 is 21.1 Å². The number of likely N-dealkylation sites (tertiary alicyclic amines) is 1. The topological polar surface area (TPSA) is 73.9 Å². The number of aliphatic hydroxyl groups is 1. The van der Waals surface area contributed by atoms with Crippen LogP contribution in [-0.4, -0.2) is 54.8 Å². The van der Waals surface area contributed by atoms with Gasteiger partial charge in [0.05, 0.1) is 12.6 Å². The predicted octanol–water partition coefficient (Wildman–Crippen LogP) is 0.932. The van der Waals surface area contributed by atoms with Crippen molar-refractivity contribution in [2.24, 2.45) is 10.7 Å². The third-order valence-electron chi connectivity index (χ3n) is 3.03. The first-order chi connectivity index (χ1) is 8.58. The number of nitrogens with two attached hydrogens (primary N) is 1. The Morgan fingerprint density at radius 2 is 2.11 bits per heavy atom. The van der Waals surface area contributed by atoms with Gasteiger partial charge in [0, 0.05) is 19.6 Å². The number of nitrogens with zero attached hydrogens (tertiary/aromatic N) is 2.